The van der Waals surface area contributed by atoms with E-state index in [4.69, 9.17) is 17.3 Å². The molecule has 0 aromatic carbocycles. The lowest BCUT2D eigenvalue weighted by Crippen LogP contribution is -2.34. The molecule has 0 aromatic rings. The molecule has 76 valence electrons. The van der Waals surface area contributed by atoms with Gasteiger partial charge in [-0.3, -0.25) is 10.1 Å². The second kappa shape index (κ2) is 7.86. The average molecular weight is 207 g/mol. The number of unbranched alkanes of at least 4 members (excludes halogenated alkanes) is 3. The van der Waals surface area contributed by atoms with Gasteiger partial charge >= 0.3 is 6.03 Å². The SMILES string of the molecule is NC(=O)NC(=O)CCCCCCCl. The number of nitrogens with one attached hydrogen (secondary N) is 1. The standard InChI is InChI=1S/C8H15ClN2O2/c9-6-4-2-1-3-5-7(12)11-8(10)13/h1-6H2,(H3,10,11,12,13). The van der Waals surface area contributed by atoms with Crippen LogP contribution in [0.5, 0.6) is 0 Å². The van der Waals surface area contributed by atoms with Crippen LogP contribution < -0.4 is 11.1 Å². The minimum atomic E-state index is -0.786. The fourth-order valence-electron chi connectivity index (χ4n) is 0.934. The molecule has 4 nitrogen and oxygen atoms in total. The van der Waals surface area contributed by atoms with E-state index < -0.39 is 6.03 Å². The molecule has 0 unspecified atom stereocenters. The van der Waals surface area contributed by atoms with E-state index in [1.54, 1.807) is 0 Å². The maximum Gasteiger partial charge on any atom is 0.318 e. The number of hydrogen-bond donors (Lipinski definition) is 2. The number of nitrogens with two attached hydrogens (primary N) is 1. The van der Waals surface area contributed by atoms with Crippen LogP contribution in [0.25, 0.3) is 0 Å². The number of amides is 3. The van der Waals surface area contributed by atoms with Crippen molar-refractivity contribution < 1.29 is 9.59 Å². The monoisotopic (exact) mass is 206 g/mol. The molecule has 0 aliphatic rings. The van der Waals surface area contributed by atoms with Gasteiger partial charge < -0.3 is 5.73 Å². The number of imide groups is 1. The van der Waals surface area contributed by atoms with E-state index in [0.29, 0.717) is 12.3 Å². The molecule has 0 heterocycles. The Morgan fingerprint density at radius 1 is 1.15 bits per heavy atom. The third-order valence-corrected chi connectivity index (χ3v) is 1.82. The van der Waals surface area contributed by atoms with Gasteiger partial charge in [0.05, 0.1) is 0 Å². The van der Waals surface area contributed by atoms with Crippen LogP contribution in [0.3, 0.4) is 0 Å². The molecule has 0 bridgehead atoms. The van der Waals surface area contributed by atoms with Gasteiger partial charge in [-0.15, -0.1) is 11.6 Å². The van der Waals surface area contributed by atoms with E-state index in [-0.39, 0.29) is 5.91 Å². The molecule has 5 heteroatoms. The van der Waals surface area contributed by atoms with Gasteiger partial charge in [0, 0.05) is 12.3 Å². The van der Waals surface area contributed by atoms with E-state index in [0.717, 1.165) is 25.7 Å². The first-order valence-electron chi connectivity index (χ1n) is 4.32. The summed E-state index contributed by atoms with van der Waals surface area (Å²) in [6.45, 7) is 0. The van der Waals surface area contributed by atoms with Crippen LogP contribution in [0.4, 0.5) is 4.79 Å². The maximum absolute atomic E-state index is 10.8. The minimum absolute atomic E-state index is 0.307. The highest BCUT2D eigenvalue weighted by molar-refractivity contribution is 6.17. The number of carbonyl (C=O) groups is 2. The summed E-state index contributed by atoms with van der Waals surface area (Å²) in [6.07, 6.45) is 4.08. The molecule has 0 radical (unpaired) electrons. The third-order valence-electron chi connectivity index (χ3n) is 1.55. The Bertz CT molecular complexity index is 174. The Hall–Kier alpha value is -0.770. The largest absolute Gasteiger partial charge is 0.351 e. The molecular weight excluding hydrogens is 192 g/mol. The predicted molar refractivity (Wildman–Crippen MR) is 51.5 cm³/mol. The highest BCUT2D eigenvalue weighted by Crippen LogP contribution is 2.03. The van der Waals surface area contributed by atoms with E-state index in [2.05, 4.69) is 0 Å². The van der Waals surface area contributed by atoms with Crippen LogP contribution in [0.15, 0.2) is 0 Å². The molecule has 0 spiro atoms. The van der Waals surface area contributed by atoms with E-state index >= 15 is 0 Å². The average Bonchev–Trinajstić information content (AvgIpc) is 2.02. The van der Waals surface area contributed by atoms with Crippen molar-refractivity contribution in [2.24, 2.45) is 5.73 Å². The fraction of sp³-hybridized carbons (Fsp3) is 0.750. The molecule has 0 atom stereocenters. The predicted octanol–water partition coefficient (Wildman–Crippen LogP) is 1.37. The topological polar surface area (TPSA) is 72.2 Å². The summed E-state index contributed by atoms with van der Waals surface area (Å²) in [4.78, 5) is 21.1. The van der Waals surface area contributed by atoms with Crippen molar-refractivity contribution >= 4 is 23.5 Å². The van der Waals surface area contributed by atoms with Crippen LogP contribution in [-0.4, -0.2) is 17.8 Å². The van der Waals surface area contributed by atoms with Crippen molar-refractivity contribution in [1.82, 2.24) is 5.32 Å². The zero-order valence-electron chi connectivity index (χ0n) is 7.51. The third kappa shape index (κ3) is 9.14. The molecule has 13 heavy (non-hydrogen) atoms. The van der Waals surface area contributed by atoms with Gasteiger partial charge in [0.25, 0.3) is 0 Å². The first-order valence-corrected chi connectivity index (χ1v) is 4.85. The molecule has 0 aliphatic heterocycles. The molecule has 0 fully saturated rings. The number of alkyl halides is 1. The quantitative estimate of drug-likeness (QED) is 0.509. The summed E-state index contributed by atoms with van der Waals surface area (Å²) in [5.41, 5.74) is 4.76. The van der Waals surface area contributed by atoms with Crippen LogP contribution in [0.2, 0.25) is 0 Å². The van der Waals surface area contributed by atoms with Gasteiger partial charge in [-0.25, -0.2) is 4.79 Å². The number of rotatable bonds is 6. The smallest absolute Gasteiger partial charge is 0.318 e. The van der Waals surface area contributed by atoms with Crippen LogP contribution in [0.1, 0.15) is 32.1 Å². The molecule has 0 aliphatic carbocycles. The lowest BCUT2D eigenvalue weighted by molar-refractivity contribution is -0.120. The zero-order chi connectivity index (χ0) is 10.1. The second-order valence-corrected chi connectivity index (χ2v) is 3.14. The highest BCUT2D eigenvalue weighted by Gasteiger charge is 2.02. The summed E-state index contributed by atoms with van der Waals surface area (Å²) in [5, 5.41) is 2.01. The first-order chi connectivity index (χ1) is 6.16. The van der Waals surface area contributed by atoms with E-state index in [9.17, 15) is 9.59 Å². The summed E-state index contributed by atoms with van der Waals surface area (Å²) >= 11 is 5.47. The number of urea groups is 1. The van der Waals surface area contributed by atoms with Crippen molar-refractivity contribution in [2.75, 3.05) is 5.88 Å². The minimum Gasteiger partial charge on any atom is -0.351 e. The van der Waals surface area contributed by atoms with Crippen LogP contribution in [-0.2, 0) is 4.79 Å². The van der Waals surface area contributed by atoms with Gasteiger partial charge in [0.15, 0.2) is 0 Å². The Labute approximate surface area is 82.8 Å². The molecule has 0 aromatic heterocycles. The lowest BCUT2D eigenvalue weighted by Gasteiger charge is -2.00. The van der Waals surface area contributed by atoms with Crippen molar-refractivity contribution in [2.45, 2.75) is 32.1 Å². The molecule has 3 N–H and O–H groups in total. The summed E-state index contributed by atoms with van der Waals surface area (Å²) < 4.78 is 0. The Balaban J connectivity index is 3.22. The highest BCUT2D eigenvalue weighted by atomic mass is 35.5. The van der Waals surface area contributed by atoms with Crippen molar-refractivity contribution in [3.8, 4) is 0 Å². The Kier molecular flexibility index (Phi) is 7.39. The van der Waals surface area contributed by atoms with E-state index in [1.165, 1.54) is 0 Å². The molecule has 0 saturated carbocycles. The number of primary amides is 1. The fourth-order valence-corrected chi connectivity index (χ4v) is 1.12. The maximum atomic E-state index is 10.8. The van der Waals surface area contributed by atoms with Crippen LogP contribution >= 0.6 is 11.6 Å². The molecule has 3 amide bonds. The normalized spacial score (nSPS) is 9.62. The molecular formula is C8H15ClN2O2. The van der Waals surface area contributed by atoms with Gasteiger partial charge in [-0.1, -0.05) is 12.8 Å². The second-order valence-electron chi connectivity index (χ2n) is 2.77. The van der Waals surface area contributed by atoms with Crippen molar-refractivity contribution in [3.05, 3.63) is 0 Å². The summed E-state index contributed by atoms with van der Waals surface area (Å²) in [5.74, 6) is 0.353. The lowest BCUT2D eigenvalue weighted by atomic mass is 10.1. The Morgan fingerprint density at radius 3 is 2.31 bits per heavy atom. The summed E-state index contributed by atoms with van der Waals surface area (Å²) in [6, 6.07) is -0.786. The Morgan fingerprint density at radius 2 is 1.77 bits per heavy atom. The van der Waals surface area contributed by atoms with E-state index in [1.807, 2.05) is 5.32 Å². The van der Waals surface area contributed by atoms with Crippen molar-refractivity contribution in [1.29, 1.82) is 0 Å². The van der Waals surface area contributed by atoms with Gasteiger partial charge in [0.1, 0.15) is 0 Å². The summed E-state index contributed by atoms with van der Waals surface area (Å²) in [7, 11) is 0. The number of hydrogen-bond acceptors (Lipinski definition) is 2. The molecule has 0 rings (SSSR count). The van der Waals surface area contributed by atoms with Crippen LogP contribution in [0, 0.1) is 0 Å². The zero-order valence-corrected chi connectivity index (χ0v) is 8.27. The number of halogens is 1. The van der Waals surface area contributed by atoms with Gasteiger partial charge in [-0.2, -0.15) is 0 Å². The first kappa shape index (κ1) is 12.2. The van der Waals surface area contributed by atoms with Gasteiger partial charge in [0.2, 0.25) is 5.91 Å². The number of carbonyl (C=O) groups excluding carboxylic acids is 2. The van der Waals surface area contributed by atoms with Crippen molar-refractivity contribution in [3.63, 3.8) is 0 Å². The molecule has 0 saturated heterocycles. The van der Waals surface area contributed by atoms with Gasteiger partial charge in [-0.05, 0) is 12.8 Å².